The Morgan fingerprint density at radius 3 is 2.53 bits per heavy atom. The Kier molecular flexibility index (Phi) is 6.37. The van der Waals surface area contributed by atoms with Crippen LogP contribution in [0.15, 0.2) is 47.7 Å². The van der Waals surface area contributed by atoms with Crippen molar-refractivity contribution in [3.05, 3.63) is 63.9 Å². The van der Waals surface area contributed by atoms with Crippen molar-refractivity contribution in [2.45, 2.75) is 37.4 Å². The number of pyridine rings is 2. The third kappa shape index (κ3) is 5.00. The summed E-state index contributed by atoms with van der Waals surface area (Å²) in [6.07, 6.45) is 7.45. The molecule has 4 heterocycles. The summed E-state index contributed by atoms with van der Waals surface area (Å²) in [6, 6.07) is 7.38. The van der Waals surface area contributed by atoms with Crippen molar-refractivity contribution in [1.29, 1.82) is 0 Å². The molecule has 3 N–H and O–H groups in total. The summed E-state index contributed by atoms with van der Waals surface area (Å²) in [4.78, 5) is 32.9. The molecule has 1 saturated carbocycles. The van der Waals surface area contributed by atoms with Gasteiger partial charge in [0.15, 0.2) is 5.69 Å². The van der Waals surface area contributed by atoms with Gasteiger partial charge in [0.25, 0.3) is 11.5 Å². The molecule has 0 unspecified atom stereocenters. The Labute approximate surface area is 199 Å². The highest BCUT2D eigenvalue weighted by molar-refractivity contribution is 6.30. The molecular formula is C22H23ClN8O3. The molecule has 3 aromatic rings. The number of nitrogens with one attached hydrogen (secondary N) is 3. The zero-order valence-corrected chi connectivity index (χ0v) is 18.9. The highest BCUT2D eigenvalue weighted by Gasteiger charge is 2.26. The normalized spacial score (nSPS) is 19.9. The molecule has 176 valence electrons. The smallest absolute Gasteiger partial charge is 0.273 e. The van der Waals surface area contributed by atoms with Gasteiger partial charge in [-0.15, -0.1) is 10.2 Å². The average molecular weight is 483 g/mol. The lowest BCUT2D eigenvalue weighted by atomic mass is 10.2. The summed E-state index contributed by atoms with van der Waals surface area (Å²) in [5.74, 6) is 0.821. The first kappa shape index (κ1) is 22.2. The summed E-state index contributed by atoms with van der Waals surface area (Å²) in [7, 11) is 0. The fraction of sp³-hybridized carbons (Fsp3) is 0.364. The Bertz CT molecular complexity index is 1210. The summed E-state index contributed by atoms with van der Waals surface area (Å²) >= 11 is 5.92. The van der Waals surface area contributed by atoms with Crippen molar-refractivity contribution in [3.63, 3.8) is 0 Å². The molecule has 2 aliphatic rings. The lowest BCUT2D eigenvalue weighted by Crippen LogP contribution is -2.48. The van der Waals surface area contributed by atoms with Gasteiger partial charge in [-0.05, 0) is 43.5 Å². The lowest BCUT2D eigenvalue weighted by molar-refractivity contribution is -0.00357. The zero-order chi connectivity index (χ0) is 23.5. The fourth-order valence-electron chi connectivity index (χ4n) is 3.94. The fourth-order valence-corrected chi connectivity index (χ4v) is 4.11. The largest absolute Gasteiger partial charge is 0.377 e. The van der Waals surface area contributed by atoms with Crippen molar-refractivity contribution in [1.82, 2.24) is 30.0 Å². The van der Waals surface area contributed by atoms with Gasteiger partial charge in [-0.3, -0.25) is 14.2 Å². The van der Waals surface area contributed by atoms with Gasteiger partial charge in [0, 0.05) is 18.3 Å². The van der Waals surface area contributed by atoms with E-state index in [2.05, 4.69) is 36.1 Å². The maximum Gasteiger partial charge on any atom is 0.273 e. The van der Waals surface area contributed by atoms with Gasteiger partial charge < -0.3 is 20.7 Å². The first-order valence-corrected chi connectivity index (χ1v) is 11.4. The maximum absolute atomic E-state index is 12.2. The quantitative estimate of drug-likeness (QED) is 0.459. The van der Waals surface area contributed by atoms with Crippen LogP contribution in [0.25, 0.3) is 5.69 Å². The van der Waals surface area contributed by atoms with E-state index in [1.165, 1.54) is 10.8 Å². The zero-order valence-electron chi connectivity index (χ0n) is 18.1. The monoisotopic (exact) mass is 482 g/mol. The number of aromatic nitrogens is 5. The molecule has 1 amide bonds. The van der Waals surface area contributed by atoms with Gasteiger partial charge in [-0.25, -0.2) is 9.97 Å². The van der Waals surface area contributed by atoms with Gasteiger partial charge in [-0.1, -0.05) is 11.6 Å². The minimum Gasteiger partial charge on any atom is -0.377 e. The molecule has 0 spiro atoms. The Balaban J connectivity index is 1.13. The van der Waals surface area contributed by atoms with E-state index in [1.54, 1.807) is 24.5 Å². The predicted molar refractivity (Wildman–Crippen MR) is 125 cm³/mol. The summed E-state index contributed by atoms with van der Waals surface area (Å²) < 4.78 is 6.50. The number of ether oxygens (including phenoxy) is 1. The number of anilines is 2. The number of rotatable bonds is 7. The van der Waals surface area contributed by atoms with Crippen LogP contribution in [0.2, 0.25) is 5.02 Å². The first-order chi connectivity index (χ1) is 16.5. The third-order valence-corrected chi connectivity index (χ3v) is 6.10. The second kappa shape index (κ2) is 9.74. The van der Waals surface area contributed by atoms with Crippen molar-refractivity contribution >= 4 is 29.3 Å². The summed E-state index contributed by atoms with van der Waals surface area (Å²) in [6.45, 7) is 1.04. The van der Waals surface area contributed by atoms with Crippen LogP contribution in [-0.2, 0) is 4.74 Å². The maximum atomic E-state index is 12.2. The number of nitrogens with zero attached hydrogens (tertiary/aromatic N) is 5. The van der Waals surface area contributed by atoms with Gasteiger partial charge in [0.1, 0.15) is 10.8 Å². The molecule has 34 heavy (non-hydrogen) atoms. The second-order valence-corrected chi connectivity index (χ2v) is 8.71. The number of carbonyl (C=O) groups is 1. The molecule has 0 radical (unpaired) electrons. The summed E-state index contributed by atoms with van der Waals surface area (Å²) in [5.41, 5.74) is 0.541. The van der Waals surface area contributed by atoms with E-state index in [9.17, 15) is 9.59 Å². The van der Waals surface area contributed by atoms with Crippen molar-refractivity contribution in [3.8, 4) is 5.69 Å². The topological polar surface area (TPSA) is 136 Å². The van der Waals surface area contributed by atoms with Gasteiger partial charge >= 0.3 is 0 Å². The minimum atomic E-state index is -0.302. The van der Waals surface area contributed by atoms with Gasteiger partial charge in [-0.2, -0.15) is 0 Å². The minimum absolute atomic E-state index is 0.0282. The van der Waals surface area contributed by atoms with Crippen LogP contribution in [0.1, 0.15) is 29.8 Å². The lowest BCUT2D eigenvalue weighted by Gasteiger charge is -2.26. The SMILES string of the molecule is O=C(NC1COC1)c1cnc(N[C@H]2CC[C@H](Nc3ccc(-n4cccc(Cl)c4=O)cn3)C2)nn1. The van der Waals surface area contributed by atoms with E-state index >= 15 is 0 Å². The molecule has 1 saturated heterocycles. The number of hydrogen-bond acceptors (Lipinski definition) is 9. The highest BCUT2D eigenvalue weighted by atomic mass is 35.5. The van der Waals surface area contributed by atoms with Gasteiger partial charge in [0.05, 0.1) is 37.3 Å². The standard InChI is InChI=1S/C22H23ClN8O3/c23-17-2-1-7-31(21(17)33)16-5-6-19(24-9-16)26-13-3-4-14(8-13)28-22-25-10-18(29-30-22)20(32)27-15-11-34-12-15/h1-2,5-7,9-10,13-15H,3-4,8,11-12H2,(H,24,26)(H,27,32)(H,25,28,30)/t13-,14-/m0/s1. The van der Waals surface area contributed by atoms with Crippen LogP contribution in [0.4, 0.5) is 11.8 Å². The van der Waals surface area contributed by atoms with Crippen LogP contribution in [-0.4, -0.2) is 62.0 Å². The van der Waals surface area contributed by atoms with Crippen molar-refractivity contribution in [2.75, 3.05) is 23.8 Å². The van der Waals surface area contributed by atoms with Gasteiger partial charge in [0.2, 0.25) is 5.95 Å². The molecule has 3 aromatic heterocycles. The molecule has 2 atom stereocenters. The van der Waals surface area contributed by atoms with Crippen LogP contribution in [0, 0.1) is 0 Å². The van der Waals surface area contributed by atoms with Crippen LogP contribution in [0.5, 0.6) is 0 Å². The Hall–Kier alpha value is -3.57. The van der Waals surface area contributed by atoms with Crippen molar-refractivity contribution < 1.29 is 9.53 Å². The van der Waals surface area contributed by atoms with Crippen LogP contribution >= 0.6 is 11.6 Å². The molecule has 2 fully saturated rings. The van der Waals surface area contributed by atoms with E-state index in [-0.39, 0.29) is 40.3 Å². The molecule has 0 aromatic carbocycles. The van der Waals surface area contributed by atoms with E-state index < -0.39 is 0 Å². The van der Waals surface area contributed by atoms with Crippen LogP contribution in [0.3, 0.4) is 0 Å². The molecule has 5 rings (SSSR count). The number of amides is 1. The van der Waals surface area contributed by atoms with E-state index in [4.69, 9.17) is 16.3 Å². The Morgan fingerprint density at radius 2 is 1.85 bits per heavy atom. The van der Waals surface area contributed by atoms with Crippen LogP contribution < -0.4 is 21.5 Å². The van der Waals surface area contributed by atoms with E-state index in [1.807, 2.05) is 12.1 Å². The molecule has 11 nitrogen and oxygen atoms in total. The number of hydrogen-bond donors (Lipinski definition) is 3. The molecule has 0 bridgehead atoms. The molecule has 1 aliphatic heterocycles. The average Bonchev–Trinajstić information content (AvgIpc) is 3.25. The number of carbonyl (C=O) groups excluding carboxylic acids is 1. The predicted octanol–water partition coefficient (Wildman–Crippen LogP) is 1.64. The number of halogens is 1. The van der Waals surface area contributed by atoms with E-state index in [0.717, 1.165) is 25.1 Å². The second-order valence-electron chi connectivity index (χ2n) is 8.30. The molecule has 12 heteroatoms. The van der Waals surface area contributed by atoms with E-state index in [0.29, 0.717) is 24.8 Å². The Morgan fingerprint density at radius 1 is 1.03 bits per heavy atom. The molecule has 1 aliphatic carbocycles. The summed E-state index contributed by atoms with van der Waals surface area (Å²) in [5, 5.41) is 17.7. The third-order valence-electron chi connectivity index (χ3n) is 5.81. The molecular weight excluding hydrogens is 460 g/mol. The highest BCUT2D eigenvalue weighted by Crippen LogP contribution is 2.24. The first-order valence-electron chi connectivity index (χ1n) is 11.0. The van der Waals surface area contributed by atoms with Crippen molar-refractivity contribution in [2.24, 2.45) is 0 Å².